The van der Waals surface area contributed by atoms with Gasteiger partial charge in [0.1, 0.15) is 11.9 Å². The molecule has 1 heterocycles. The number of hydrogen-bond donors (Lipinski definition) is 1. The van der Waals surface area contributed by atoms with Crippen LogP contribution in [0.25, 0.3) is 11.1 Å². The van der Waals surface area contributed by atoms with Crippen LogP contribution in [0.3, 0.4) is 0 Å². The molecule has 1 aliphatic rings. The van der Waals surface area contributed by atoms with E-state index in [9.17, 15) is 22.8 Å². The minimum Gasteiger partial charge on any atom is -0.348 e. The monoisotopic (exact) mass is 446 g/mol. The number of likely N-dealkylation sites (tertiary alicyclic amines) is 1. The quantitative estimate of drug-likeness (QED) is 0.628. The summed E-state index contributed by atoms with van der Waals surface area (Å²) in [4.78, 5) is 27.2. The van der Waals surface area contributed by atoms with Crippen LogP contribution in [0.1, 0.15) is 58.6 Å². The van der Waals surface area contributed by atoms with Gasteiger partial charge in [-0.15, -0.1) is 0 Å². The van der Waals surface area contributed by atoms with E-state index in [1.165, 1.54) is 0 Å². The Labute approximate surface area is 186 Å². The van der Waals surface area contributed by atoms with E-state index in [4.69, 9.17) is 0 Å². The highest BCUT2D eigenvalue weighted by atomic mass is 19.2. The smallest absolute Gasteiger partial charge is 0.243 e. The third-order valence-electron chi connectivity index (χ3n) is 5.63. The molecule has 0 aromatic heterocycles. The second-order valence-corrected chi connectivity index (χ2v) is 9.58. The Morgan fingerprint density at radius 3 is 2.41 bits per heavy atom. The molecule has 3 rings (SSSR count). The maximum Gasteiger partial charge on any atom is 0.243 e. The van der Waals surface area contributed by atoms with E-state index < -0.39 is 23.5 Å². The van der Waals surface area contributed by atoms with Crippen LogP contribution in [0.15, 0.2) is 36.4 Å². The molecular weight excluding hydrogens is 417 g/mol. The first-order valence-corrected chi connectivity index (χ1v) is 10.8. The Bertz CT molecular complexity index is 999. The number of amides is 2. The van der Waals surface area contributed by atoms with Gasteiger partial charge in [-0.3, -0.25) is 9.59 Å². The summed E-state index contributed by atoms with van der Waals surface area (Å²) in [6, 6.07) is 7.08. The second kappa shape index (κ2) is 9.35. The Hall–Kier alpha value is -2.83. The predicted octanol–water partition coefficient (Wildman–Crippen LogP) is 5.38. The van der Waals surface area contributed by atoms with Crippen LogP contribution in [-0.4, -0.2) is 29.3 Å². The van der Waals surface area contributed by atoms with Crippen LogP contribution < -0.4 is 5.32 Å². The number of carbonyl (C=O) groups is 2. The fraction of sp³-hybridized carbons (Fsp3) is 0.440. The van der Waals surface area contributed by atoms with Crippen LogP contribution in [-0.2, 0) is 9.59 Å². The molecule has 1 aliphatic heterocycles. The summed E-state index contributed by atoms with van der Waals surface area (Å²) in [7, 11) is 0. The molecule has 0 saturated carbocycles. The Kier molecular flexibility index (Phi) is 6.96. The van der Waals surface area contributed by atoms with Gasteiger partial charge >= 0.3 is 0 Å². The topological polar surface area (TPSA) is 49.4 Å². The highest BCUT2D eigenvalue weighted by Gasteiger charge is 2.35. The zero-order chi connectivity index (χ0) is 23.6. The van der Waals surface area contributed by atoms with Gasteiger partial charge in [-0.25, -0.2) is 13.2 Å². The lowest BCUT2D eigenvalue weighted by molar-refractivity contribution is -0.140. The molecule has 2 amide bonds. The second-order valence-electron chi connectivity index (χ2n) is 9.58. The van der Waals surface area contributed by atoms with Gasteiger partial charge in [0.2, 0.25) is 11.8 Å². The first-order chi connectivity index (χ1) is 15.0. The van der Waals surface area contributed by atoms with Crippen LogP contribution in [0, 0.1) is 22.9 Å². The van der Waals surface area contributed by atoms with Gasteiger partial charge in [0.15, 0.2) is 11.6 Å². The van der Waals surface area contributed by atoms with E-state index >= 15 is 0 Å². The van der Waals surface area contributed by atoms with Crippen LogP contribution in [0.2, 0.25) is 0 Å². The van der Waals surface area contributed by atoms with Crippen molar-refractivity contribution in [3.63, 3.8) is 0 Å². The van der Waals surface area contributed by atoms with Crippen molar-refractivity contribution in [1.29, 1.82) is 0 Å². The molecule has 2 atom stereocenters. The third-order valence-corrected chi connectivity index (χ3v) is 5.63. The normalized spacial score (nSPS) is 17.3. The summed E-state index contributed by atoms with van der Waals surface area (Å²) in [6.07, 6.45) is 1.79. The van der Waals surface area contributed by atoms with E-state index in [0.29, 0.717) is 31.0 Å². The van der Waals surface area contributed by atoms with Gasteiger partial charge in [-0.1, -0.05) is 45.0 Å². The average molecular weight is 447 g/mol. The third kappa shape index (κ3) is 5.50. The van der Waals surface area contributed by atoms with Crippen molar-refractivity contribution >= 4 is 11.8 Å². The largest absolute Gasteiger partial charge is 0.348 e. The van der Waals surface area contributed by atoms with E-state index in [1.807, 2.05) is 27.7 Å². The van der Waals surface area contributed by atoms with Crippen molar-refractivity contribution in [2.24, 2.45) is 5.41 Å². The van der Waals surface area contributed by atoms with Crippen LogP contribution >= 0.6 is 0 Å². The zero-order valence-electron chi connectivity index (χ0n) is 18.8. The van der Waals surface area contributed by atoms with E-state index in [-0.39, 0.29) is 28.8 Å². The van der Waals surface area contributed by atoms with Gasteiger partial charge in [0.05, 0.1) is 6.04 Å². The highest BCUT2D eigenvalue weighted by Crippen LogP contribution is 2.28. The van der Waals surface area contributed by atoms with Crippen LogP contribution in [0.4, 0.5) is 13.2 Å². The van der Waals surface area contributed by atoms with E-state index in [1.54, 1.807) is 29.2 Å². The number of benzene rings is 2. The van der Waals surface area contributed by atoms with Gasteiger partial charge in [0, 0.05) is 24.6 Å². The standard InChI is InChI=1S/C25H29F3N2O2/c1-15(29-24(32)21-6-5-11-30(21)22(31)14-25(2,3)4)16-7-9-17(10-8-16)19-12-18(26)13-20(27)23(19)28/h7-10,12-13,15,21H,5-6,11,14H2,1-4H3,(H,29,32). The fourth-order valence-corrected chi connectivity index (χ4v) is 4.00. The Balaban J connectivity index is 1.69. The number of carbonyl (C=O) groups excluding carboxylic acids is 2. The highest BCUT2D eigenvalue weighted by molar-refractivity contribution is 5.88. The first kappa shape index (κ1) is 23.8. The summed E-state index contributed by atoms with van der Waals surface area (Å²) in [6.45, 7) is 8.36. The predicted molar refractivity (Wildman–Crippen MR) is 117 cm³/mol. The first-order valence-electron chi connectivity index (χ1n) is 10.8. The van der Waals surface area contributed by atoms with E-state index in [0.717, 1.165) is 18.1 Å². The summed E-state index contributed by atoms with van der Waals surface area (Å²) >= 11 is 0. The van der Waals surface area contributed by atoms with Gasteiger partial charge in [-0.05, 0) is 42.4 Å². The lowest BCUT2D eigenvalue weighted by Gasteiger charge is -2.28. The van der Waals surface area contributed by atoms with E-state index in [2.05, 4.69) is 5.32 Å². The molecule has 2 unspecified atom stereocenters. The maximum absolute atomic E-state index is 14.0. The van der Waals surface area contributed by atoms with Crippen molar-refractivity contribution in [3.05, 3.63) is 59.4 Å². The number of rotatable bonds is 5. The van der Waals surface area contributed by atoms with Gasteiger partial charge in [-0.2, -0.15) is 0 Å². The van der Waals surface area contributed by atoms with Crippen molar-refractivity contribution in [2.45, 2.75) is 59.0 Å². The average Bonchev–Trinajstić information content (AvgIpc) is 3.20. The summed E-state index contributed by atoms with van der Waals surface area (Å²) in [5, 5.41) is 2.95. The Morgan fingerprint density at radius 1 is 1.12 bits per heavy atom. The molecule has 1 N–H and O–H groups in total. The van der Waals surface area contributed by atoms with Crippen molar-refractivity contribution in [3.8, 4) is 11.1 Å². The maximum atomic E-state index is 14.0. The number of nitrogens with zero attached hydrogens (tertiary/aromatic N) is 1. The molecular formula is C25H29F3N2O2. The lowest BCUT2D eigenvalue weighted by atomic mass is 9.91. The number of hydrogen-bond acceptors (Lipinski definition) is 2. The molecule has 0 bridgehead atoms. The molecule has 4 nitrogen and oxygen atoms in total. The fourth-order valence-electron chi connectivity index (χ4n) is 4.00. The number of halogens is 3. The lowest BCUT2D eigenvalue weighted by Crippen LogP contribution is -2.47. The zero-order valence-corrected chi connectivity index (χ0v) is 18.8. The van der Waals surface area contributed by atoms with Gasteiger partial charge in [0.25, 0.3) is 0 Å². The van der Waals surface area contributed by atoms with Crippen molar-refractivity contribution in [1.82, 2.24) is 10.2 Å². The number of nitrogens with one attached hydrogen (secondary N) is 1. The summed E-state index contributed by atoms with van der Waals surface area (Å²) < 4.78 is 41.0. The summed E-state index contributed by atoms with van der Waals surface area (Å²) in [5.41, 5.74) is 0.771. The van der Waals surface area contributed by atoms with Gasteiger partial charge < -0.3 is 10.2 Å². The SMILES string of the molecule is CC(NC(=O)C1CCCN1C(=O)CC(C)(C)C)c1ccc(-c2cc(F)cc(F)c2F)cc1. The molecule has 0 spiro atoms. The molecule has 1 saturated heterocycles. The molecule has 172 valence electrons. The minimum absolute atomic E-state index is 0.0171. The van der Waals surface area contributed by atoms with Crippen molar-refractivity contribution < 1.29 is 22.8 Å². The molecule has 2 aromatic rings. The molecule has 0 radical (unpaired) electrons. The minimum atomic E-state index is -1.24. The summed E-state index contributed by atoms with van der Waals surface area (Å²) in [5.74, 6) is -3.43. The van der Waals surface area contributed by atoms with Crippen LogP contribution in [0.5, 0.6) is 0 Å². The molecule has 0 aliphatic carbocycles. The van der Waals surface area contributed by atoms with Crippen molar-refractivity contribution in [2.75, 3.05) is 6.54 Å². The Morgan fingerprint density at radius 2 is 1.78 bits per heavy atom. The molecule has 7 heteroatoms. The molecule has 1 fully saturated rings. The molecule has 32 heavy (non-hydrogen) atoms. The molecule has 2 aromatic carbocycles.